The minimum atomic E-state index is -0.00909. The summed E-state index contributed by atoms with van der Waals surface area (Å²) in [6.45, 7) is 3.34. The smallest absolute Gasteiger partial charge is 0.242 e. The molecule has 2 aliphatic rings. The average molecular weight is 518 g/mol. The molecule has 2 amide bonds. The molecule has 1 heterocycles. The molecule has 2 aromatic carbocycles. The molecule has 202 valence electrons. The van der Waals surface area contributed by atoms with Crippen molar-refractivity contribution < 1.29 is 14.4 Å². The monoisotopic (exact) mass is 517 g/mol. The maximum atomic E-state index is 13.1. The molecule has 0 aromatic heterocycles. The van der Waals surface area contributed by atoms with Gasteiger partial charge in [-0.2, -0.15) is 0 Å². The van der Waals surface area contributed by atoms with Crippen LogP contribution < -0.4 is 10.6 Å². The Hall–Kier alpha value is -3.68. The maximum absolute atomic E-state index is 13.1. The second-order valence-corrected chi connectivity index (χ2v) is 10.2. The number of guanidine groups is 1. The van der Waals surface area contributed by atoms with Crippen LogP contribution in [0, 0.1) is 0 Å². The van der Waals surface area contributed by atoms with Crippen molar-refractivity contribution in [1.82, 2.24) is 9.80 Å². The summed E-state index contributed by atoms with van der Waals surface area (Å²) in [7, 11) is 1.77. The number of benzene rings is 2. The molecular formula is C30H39N5O3. The Labute approximate surface area is 225 Å². The van der Waals surface area contributed by atoms with E-state index in [0.29, 0.717) is 56.1 Å². The van der Waals surface area contributed by atoms with Crippen molar-refractivity contribution >= 4 is 34.9 Å². The summed E-state index contributed by atoms with van der Waals surface area (Å²) in [5.74, 6) is 0.358. The first-order valence-corrected chi connectivity index (χ1v) is 13.7. The van der Waals surface area contributed by atoms with E-state index in [0.717, 1.165) is 24.1 Å². The molecule has 8 nitrogen and oxygen atoms in total. The third kappa shape index (κ3) is 6.41. The van der Waals surface area contributed by atoms with Gasteiger partial charge in [-0.3, -0.25) is 14.4 Å². The van der Waals surface area contributed by atoms with Gasteiger partial charge in [-0.15, -0.1) is 0 Å². The Morgan fingerprint density at radius 3 is 2.39 bits per heavy atom. The van der Waals surface area contributed by atoms with Gasteiger partial charge in [-0.25, -0.2) is 4.99 Å². The Morgan fingerprint density at radius 1 is 0.974 bits per heavy atom. The number of anilines is 1. The van der Waals surface area contributed by atoms with E-state index in [2.05, 4.69) is 4.99 Å². The van der Waals surface area contributed by atoms with Crippen LogP contribution in [0.3, 0.4) is 0 Å². The molecule has 1 fully saturated rings. The summed E-state index contributed by atoms with van der Waals surface area (Å²) in [6, 6.07) is 15.4. The van der Waals surface area contributed by atoms with Crippen LogP contribution in [0.1, 0.15) is 74.2 Å². The number of ketones is 1. The molecule has 0 bridgehead atoms. The topological polar surface area (TPSA) is 99.3 Å². The lowest BCUT2D eigenvalue weighted by Gasteiger charge is -2.33. The number of rotatable bonds is 11. The van der Waals surface area contributed by atoms with Gasteiger partial charge in [0.05, 0.1) is 5.69 Å². The lowest BCUT2D eigenvalue weighted by atomic mass is 9.98. The van der Waals surface area contributed by atoms with E-state index in [-0.39, 0.29) is 30.1 Å². The van der Waals surface area contributed by atoms with E-state index in [1.165, 1.54) is 12.8 Å². The molecule has 0 saturated heterocycles. The van der Waals surface area contributed by atoms with Gasteiger partial charge >= 0.3 is 0 Å². The quantitative estimate of drug-likeness (QED) is 0.346. The standard InChI is InChI=1S/C30H39N5O3/c1-3-35(24-15-7-8-16-24)28(38)21-34-20-22-12-11-17-25(29(22)32-30(34)31)26(36)18-9-10-19-27(37)33(2)23-13-5-4-6-14-23/h4-6,11-14,17,24H,3,7-10,15-16,18-21H2,1-2H3,(H2,31,32). The van der Waals surface area contributed by atoms with E-state index >= 15 is 0 Å². The second-order valence-electron chi connectivity index (χ2n) is 10.2. The van der Waals surface area contributed by atoms with Crippen molar-refractivity contribution in [2.75, 3.05) is 25.0 Å². The van der Waals surface area contributed by atoms with Crippen LogP contribution in [0.4, 0.5) is 11.4 Å². The molecule has 1 aliphatic heterocycles. The Bertz CT molecular complexity index is 1170. The fourth-order valence-electron chi connectivity index (χ4n) is 5.45. The molecule has 1 aliphatic carbocycles. The number of nitrogens with zero attached hydrogens (tertiary/aromatic N) is 4. The Balaban J connectivity index is 1.32. The first-order valence-electron chi connectivity index (χ1n) is 13.7. The Morgan fingerprint density at radius 2 is 1.68 bits per heavy atom. The molecule has 2 N–H and O–H groups in total. The number of aliphatic imine (C=N–C) groups is 1. The number of fused-ring (bicyclic) bond motifs is 1. The van der Waals surface area contributed by atoms with Crippen LogP contribution in [-0.2, 0) is 16.1 Å². The third-order valence-electron chi connectivity index (χ3n) is 7.65. The first-order chi connectivity index (χ1) is 18.4. The van der Waals surface area contributed by atoms with Crippen LogP contribution in [0.15, 0.2) is 53.5 Å². The largest absolute Gasteiger partial charge is 0.369 e. The molecule has 8 heteroatoms. The lowest BCUT2D eigenvalue weighted by Crippen LogP contribution is -2.48. The minimum absolute atomic E-state index is 0.00909. The molecule has 4 rings (SSSR count). The van der Waals surface area contributed by atoms with E-state index in [9.17, 15) is 14.4 Å². The van der Waals surface area contributed by atoms with Crippen molar-refractivity contribution in [1.29, 1.82) is 0 Å². The fourth-order valence-corrected chi connectivity index (χ4v) is 5.45. The number of hydrogen-bond acceptors (Lipinski definition) is 6. The number of amides is 2. The van der Waals surface area contributed by atoms with Crippen LogP contribution in [0.5, 0.6) is 0 Å². The highest BCUT2D eigenvalue weighted by Gasteiger charge is 2.29. The van der Waals surface area contributed by atoms with Gasteiger partial charge in [0.1, 0.15) is 6.54 Å². The van der Waals surface area contributed by atoms with Gasteiger partial charge in [0.15, 0.2) is 11.7 Å². The van der Waals surface area contributed by atoms with Crippen LogP contribution >= 0.6 is 0 Å². The highest BCUT2D eigenvalue weighted by atomic mass is 16.2. The zero-order valence-corrected chi connectivity index (χ0v) is 22.6. The summed E-state index contributed by atoms with van der Waals surface area (Å²) in [4.78, 5) is 48.6. The molecule has 0 radical (unpaired) electrons. The van der Waals surface area contributed by atoms with Gasteiger partial charge in [-0.1, -0.05) is 43.2 Å². The number of hydrogen-bond donors (Lipinski definition) is 1. The minimum Gasteiger partial charge on any atom is -0.369 e. The van der Waals surface area contributed by atoms with E-state index in [4.69, 9.17) is 5.73 Å². The van der Waals surface area contributed by atoms with E-state index in [1.54, 1.807) is 22.9 Å². The summed E-state index contributed by atoms with van der Waals surface area (Å²) < 4.78 is 0. The summed E-state index contributed by atoms with van der Waals surface area (Å²) >= 11 is 0. The number of Topliss-reactive ketones (excluding diaryl/α,β-unsaturated/α-hetero) is 1. The second kappa shape index (κ2) is 12.7. The predicted octanol–water partition coefficient (Wildman–Crippen LogP) is 4.65. The van der Waals surface area contributed by atoms with E-state index in [1.807, 2.05) is 54.3 Å². The van der Waals surface area contributed by atoms with E-state index < -0.39 is 0 Å². The zero-order chi connectivity index (χ0) is 27.1. The van der Waals surface area contributed by atoms with Crippen molar-refractivity contribution in [3.63, 3.8) is 0 Å². The highest BCUT2D eigenvalue weighted by molar-refractivity contribution is 6.03. The van der Waals surface area contributed by atoms with Crippen LogP contribution in [-0.4, -0.2) is 59.5 Å². The third-order valence-corrected chi connectivity index (χ3v) is 7.65. The maximum Gasteiger partial charge on any atom is 0.242 e. The molecule has 0 atom stereocenters. The number of nitrogens with two attached hydrogens (primary N) is 1. The molecule has 1 saturated carbocycles. The van der Waals surface area contributed by atoms with Crippen molar-refractivity contribution in [2.45, 2.75) is 70.9 Å². The number of carbonyl (C=O) groups is 3. The number of carbonyl (C=O) groups excluding carboxylic acids is 3. The van der Waals surface area contributed by atoms with Crippen molar-refractivity contribution in [3.05, 3.63) is 59.7 Å². The normalized spacial score (nSPS) is 15.1. The highest BCUT2D eigenvalue weighted by Crippen LogP contribution is 2.31. The van der Waals surface area contributed by atoms with Gasteiger partial charge in [0.2, 0.25) is 11.8 Å². The van der Waals surface area contributed by atoms with Gasteiger partial charge in [0.25, 0.3) is 0 Å². The fraction of sp³-hybridized carbons (Fsp3) is 0.467. The molecule has 2 aromatic rings. The van der Waals surface area contributed by atoms with Crippen LogP contribution in [0.2, 0.25) is 0 Å². The van der Waals surface area contributed by atoms with Gasteiger partial charge < -0.3 is 20.4 Å². The van der Waals surface area contributed by atoms with Gasteiger partial charge in [0, 0.05) is 50.3 Å². The zero-order valence-electron chi connectivity index (χ0n) is 22.6. The summed E-state index contributed by atoms with van der Waals surface area (Å²) in [5.41, 5.74) is 9.18. The predicted molar refractivity (Wildman–Crippen MR) is 150 cm³/mol. The number of para-hydroxylation sites is 2. The molecule has 0 unspecified atom stereocenters. The molecule has 38 heavy (non-hydrogen) atoms. The average Bonchev–Trinajstić information content (AvgIpc) is 3.46. The molecule has 0 spiro atoms. The first kappa shape index (κ1) is 27.4. The SMILES string of the molecule is CCN(C(=O)CN1Cc2cccc(C(=O)CCCCC(=O)N(C)c3ccccc3)c2N=C1N)C1CCCC1. The summed E-state index contributed by atoms with van der Waals surface area (Å²) in [5, 5.41) is 0. The van der Waals surface area contributed by atoms with Crippen molar-refractivity contribution in [3.8, 4) is 0 Å². The summed E-state index contributed by atoms with van der Waals surface area (Å²) in [6.07, 6.45) is 6.45. The lowest BCUT2D eigenvalue weighted by molar-refractivity contribution is -0.133. The molecular weight excluding hydrogens is 478 g/mol. The van der Waals surface area contributed by atoms with Crippen LogP contribution in [0.25, 0.3) is 0 Å². The Kier molecular flexibility index (Phi) is 9.15. The number of likely N-dealkylation sites (N-methyl/N-ethyl adjacent to an activating group) is 1. The van der Waals surface area contributed by atoms with Gasteiger partial charge in [-0.05, 0) is 56.4 Å². The van der Waals surface area contributed by atoms with Crippen molar-refractivity contribution in [2.24, 2.45) is 10.7 Å². The number of unbranched alkanes of at least 4 members (excludes halogenated alkanes) is 1.